The molecule has 4 heterocycles. The Morgan fingerprint density at radius 3 is 2.88 bits per heavy atom. The van der Waals surface area contributed by atoms with Crippen LogP contribution < -0.4 is 14.5 Å². The van der Waals surface area contributed by atoms with Gasteiger partial charge in [0.15, 0.2) is 0 Å². The zero-order valence-corrected chi connectivity index (χ0v) is 24.6. The molecule has 1 aliphatic carbocycles. The second-order valence-electron chi connectivity index (χ2n) is 11.6. The topological polar surface area (TPSA) is 102 Å². The van der Waals surface area contributed by atoms with E-state index in [2.05, 4.69) is 64.6 Å². The number of amides is 1. The van der Waals surface area contributed by atoms with Gasteiger partial charge in [0.2, 0.25) is 5.91 Å². The van der Waals surface area contributed by atoms with E-state index in [-0.39, 0.29) is 23.8 Å². The summed E-state index contributed by atoms with van der Waals surface area (Å²) in [5, 5.41) is 9.50. The third-order valence-corrected chi connectivity index (χ3v) is 9.18. The minimum atomic E-state index is -0.230. The van der Waals surface area contributed by atoms with E-state index in [0.29, 0.717) is 38.8 Å². The van der Waals surface area contributed by atoms with Crippen molar-refractivity contribution < 1.29 is 9.53 Å². The van der Waals surface area contributed by atoms with Crippen LogP contribution in [-0.4, -0.2) is 90.1 Å². The molecule has 2 aliphatic heterocycles. The Balaban J connectivity index is 1.32. The quantitative estimate of drug-likeness (QED) is 0.357. The highest BCUT2D eigenvalue weighted by atomic mass is 32.1. The fourth-order valence-corrected chi connectivity index (χ4v) is 6.89. The Labute approximate surface area is 244 Å². The molecule has 1 aromatic carbocycles. The van der Waals surface area contributed by atoms with Crippen molar-refractivity contribution in [2.75, 3.05) is 63.2 Å². The first-order chi connectivity index (χ1) is 19.9. The van der Waals surface area contributed by atoms with Crippen molar-refractivity contribution >= 4 is 39.0 Å². The van der Waals surface area contributed by atoms with Crippen LogP contribution in [0.2, 0.25) is 0 Å². The van der Waals surface area contributed by atoms with Crippen LogP contribution in [0.4, 0.5) is 11.5 Å². The van der Waals surface area contributed by atoms with Crippen LogP contribution in [0.3, 0.4) is 0 Å². The van der Waals surface area contributed by atoms with Crippen LogP contribution >= 0.6 is 11.3 Å². The molecule has 0 N–H and O–H groups in total. The van der Waals surface area contributed by atoms with Crippen LogP contribution in [-0.2, 0) is 17.8 Å². The van der Waals surface area contributed by atoms with E-state index in [4.69, 9.17) is 14.7 Å². The highest BCUT2D eigenvalue weighted by molar-refractivity contribution is 7.16. The van der Waals surface area contributed by atoms with E-state index in [1.165, 1.54) is 10.8 Å². The third-order valence-electron chi connectivity index (χ3n) is 8.39. The van der Waals surface area contributed by atoms with Crippen molar-refractivity contribution in [3.05, 3.63) is 47.6 Å². The molecule has 1 saturated carbocycles. The van der Waals surface area contributed by atoms with Gasteiger partial charge in [0, 0.05) is 43.7 Å². The smallest absolute Gasteiger partial charge is 0.318 e. The van der Waals surface area contributed by atoms with Crippen molar-refractivity contribution in [1.82, 2.24) is 24.8 Å². The standard InChI is InChI=1S/C30H36N8O2S/c1-4-26(39)38-15-14-37(16-21(38)8-12-31)28-22-9-13-36(24-6-5-7-25-27(24)32-20-41-25)17-23(22)33-29(34-28)40-19-30(10-11-30)18-35(2)3/h4-7,20-21H,1,8-11,13-19H2,2-3H3. The number of fused-ring (bicyclic) bond motifs is 2. The Morgan fingerprint density at radius 1 is 1.27 bits per heavy atom. The Kier molecular flexibility index (Phi) is 7.53. The zero-order chi connectivity index (χ0) is 28.6. The van der Waals surface area contributed by atoms with Crippen LogP contribution in [0, 0.1) is 16.7 Å². The first-order valence-electron chi connectivity index (χ1n) is 14.2. The first-order valence-corrected chi connectivity index (χ1v) is 15.1. The average Bonchev–Trinajstić information content (AvgIpc) is 3.55. The van der Waals surface area contributed by atoms with Gasteiger partial charge in [-0.1, -0.05) is 12.6 Å². The van der Waals surface area contributed by atoms with Crippen LogP contribution in [0.15, 0.2) is 36.4 Å². The van der Waals surface area contributed by atoms with Gasteiger partial charge in [-0.3, -0.25) is 4.79 Å². The number of carbonyl (C=O) groups excluding carboxylic acids is 1. The van der Waals surface area contributed by atoms with E-state index in [1.807, 2.05) is 5.51 Å². The van der Waals surface area contributed by atoms with Gasteiger partial charge < -0.3 is 24.3 Å². The summed E-state index contributed by atoms with van der Waals surface area (Å²) in [7, 11) is 4.19. The molecular formula is C30H36N8O2S. The number of piperazine rings is 1. The maximum absolute atomic E-state index is 12.5. The second kappa shape index (κ2) is 11.3. The van der Waals surface area contributed by atoms with Crippen molar-refractivity contribution in [3.8, 4) is 12.1 Å². The predicted molar refractivity (Wildman–Crippen MR) is 160 cm³/mol. The lowest BCUT2D eigenvalue weighted by atomic mass is 10.0. The summed E-state index contributed by atoms with van der Waals surface area (Å²) in [5.74, 6) is 0.726. The Bertz CT molecular complexity index is 1490. The number of hydrogen-bond acceptors (Lipinski definition) is 10. The summed E-state index contributed by atoms with van der Waals surface area (Å²) in [4.78, 5) is 35.6. The molecule has 1 atom stereocenters. The van der Waals surface area contributed by atoms with Crippen molar-refractivity contribution in [2.24, 2.45) is 5.41 Å². The second-order valence-corrected chi connectivity index (χ2v) is 12.5. The maximum atomic E-state index is 12.5. The number of ether oxygens (including phenoxy) is 1. The molecule has 2 fully saturated rings. The summed E-state index contributed by atoms with van der Waals surface area (Å²) in [6, 6.07) is 8.76. The molecule has 41 heavy (non-hydrogen) atoms. The summed E-state index contributed by atoms with van der Waals surface area (Å²) < 4.78 is 7.52. The number of thiazole rings is 1. The molecule has 3 aromatic rings. The lowest BCUT2D eigenvalue weighted by Gasteiger charge is -2.42. The molecule has 0 spiro atoms. The van der Waals surface area contributed by atoms with Gasteiger partial charge in [0.25, 0.3) is 0 Å². The van der Waals surface area contributed by atoms with Gasteiger partial charge >= 0.3 is 6.01 Å². The molecule has 1 saturated heterocycles. The molecule has 10 nitrogen and oxygen atoms in total. The van der Waals surface area contributed by atoms with E-state index in [1.54, 1.807) is 16.2 Å². The van der Waals surface area contributed by atoms with Gasteiger partial charge in [-0.15, -0.1) is 11.3 Å². The number of rotatable bonds is 9. The van der Waals surface area contributed by atoms with Crippen molar-refractivity contribution in [3.63, 3.8) is 0 Å². The molecule has 11 heteroatoms. The SMILES string of the molecule is C=CC(=O)N1CCN(c2nc(OCC3(CN(C)C)CC3)nc3c2CCN(c2cccc4scnc24)C3)CC1CC#N. The van der Waals surface area contributed by atoms with E-state index >= 15 is 0 Å². The highest BCUT2D eigenvalue weighted by Gasteiger charge is 2.44. The summed E-state index contributed by atoms with van der Waals surface area (Å²) >= 11 is 1.65. The summed E-state index contributed by atoms with van der Waals surface area (Å²) in [5.41, 5.74) is 6.27. The minimum Gasteiger partial charge on any atom is -0.463 e. The zero-order valence-electron chi connectivity index (χ0n) is 23.8. The number of benzene rings is 1. The fourth-order valence-electron chi connectivity index (χ4n) is 6.20. The van der Waals surface area contributed by atoms with Crippen molar-refractivity contribution in [2.45, 2.75) is 38.3 Å². The lowest BCUT2D eigenvalue weighted by Crippen LogP contribution is -2.55. The van der Waals surface area contributed by atoms with Crippen LogP contribution in [0.1, 0.15) is 30.5 Å². The number of carbonyl (C=O) groups is 1. The average molecular weight is 573 g/mol. The van der Waals surface area contributed by atoms with Crippen LogP contribution in [0.5, 0.6) is 6.01 Å². The number of aromatic nitrogens is 3. The number of nitrogens with zero attached hydrogens (tertiary/aromatic N) is 8. The molecule has 3 aliphatic rings. The van der Waals surface area contributed by atoms with Gasteiger partial charge in [0.1, 0.15) is 11.3 Å². The molecule has 214 valence electrons. The van der Waals surface area contributed by atoms with E-state index in [0.717, 1.165) is 60.6 Å². The molecular weight excluding hydrogens is 536 g/mol. The summed E-state index contributed by atoms with van der Waals surface area (Å²) in [6.07, 6.45) is 4.65. The van der Waals surface area contributed by atoms with Gasteiger partial charge in [-0.05, 0) is 51.6 Å². The number of anilines is 2. The van der Waals surface area contributed by atoms with Crippen molar-refractivity contribution in [1.29, 1.82) is 5.26 Å². The van der Waals surface area contributed by atoms with Gasteiger partial charge in [-0.2, -0.15) is 15.2 Å². The first kappa shape index (κ1) is 27.4. The molecule has 1 amide bonds. The van der Waals surface area contributed by atoms with Crippen LogP contribution in [0.25, 0.3) is 10.2 Å². The largest absolute Gasteiger partial charge is 0.463 e. The summed E-state index contributed by atoms with van der Waals surface area (Å²) in [6.45, 7) is 8.34. The molecule has 0 radical (unpaired) electrons. The van der Waals surface area contributed by atoms with Gasteiger partial charge in [0.05, 0.1) is 53.3 Å². The van der Waals surface area contributed by atoms with E-state index in [9.17, 15) is 10.1 Å². The molecule has 1 unspecified atom stereocenters. The normalized spacial score (nSPS) is 19.7. The monoisotopic (exact) mass is 572 g/mol. The third kappa shape index (κ3) is 5.59. The predicted octanol–water partition coefficient (Wildman–Crippen LogP) is 3.49. The number of para-hydroxylation sites is 1. The maximum Gasteiger partial charge on any atom is 0.318 e. The Morgan fingerprint density at radius 2 is 2.12 bits per heavy atom. The fraction of sp³-hybridized carbons (Fsp3) is 0.500. The van der Waals surface area contributed by atoms with E-state index < -0.39 is 0 Å². The number of hydrogen-bond donors (Lipinski definition) is 0. The van der Waals surface area contributed by atoms with Gasteiger partial charge in [-0.25, -0.2) is 4.98 Å². The minimum absolute atomic E-state index is 0.138. The highest BCUT2D eigenvalue weighted by Crippen LogP contribution is 2.46. The lowest BCUT2D eigenvalue weighted by molar-refractivity contribution is -0.128. The number of nitriles is 1. The molecule has 6 rings (SSSR count). The Hall–Kier alpha value is -3.75. The molecule has 2 aromatic heterocycles. The molecule has 0 bridgehead atoms.